The van der Waals surface area contributed by atoms with E-state index in [1.54, 1.807) is 23.2 Å². The first kappa shape index (κ1) is 18.2. The van der Waals surface area contributed by atoms with Gasteiger partial charge in [0.25, 0.3) is 6.43 Å². The number of rotatable bonds is 2. The topological polar surface area (TPSA) is 55.3 Å². The predicted molar refractivity (Wildman–Crippen MR) is 92.8 cm³/mol. The van der Waals surface area contributed by atoms with E-state index < -0.39 is 12.0 Å². The number of aromatic nitrogens is 2. The summed E-state index contributed by atoms with van der Waals surface area (Å²) < 4.78 is 31.9. The fourth-order valence-corrected chi connectivity index (χ4v) is 2.89. The van der Waals surface area contributed by atoms with E-state index in [2.05, 4.69) is 9.97 Å². The van der Waals surface area contributed by atoms with E-state index >= 15 is 0 Å². The van der Waals surface area contributed by atoms with Crippen LogP contribution in [0.2, 0.25) is 0 Å². The Kier molecular flexibility index (Phi) is 4.89. The lowest BCUT2D eigenvalue weighted by Gasteiger charge is -2.31. The van der Waals surface area contributed by atoms with Crippen LogP contribution in [0.5, 0.6) is 0 Å². The first-order chi connectivity index (χ1) is 12.2. The summed E-state index contributed by atoms with van der Waals surface area (Å²) >= 11 is 0. The summed E-state index contributed by atoms with van der Waals surface area (Å²) in [5, 5.41) is 0. The number of carbonyl (C=O) groups excluding carboxylic acids is 1. The Bertz CT molecular complexity index is 819. The third-order valence-electron chi connectivity index (χ3n) is 4.05. The fraction of sp³-hybridized carbons (Fsp3) is 0.421. The summed E-state index contributed by atoms with van der Waals surface area (Å²) in [4.78, 5) is 22.1. The van der Waals surface area contributed by atoms with E-state index in [1.165, 1.54) is 6.20 Å². The van der Waals surface area contributed by atoms with Crippen molar-refractivity contribution in [2.75, 3.05) is 6.54 Å². The Hall–Kier alpha value is -2.57. The number of alkyl halides is 2. The van der Waals surface area contributed by atoms with Crippen molar-refractivity contribution >= 4 is 6.09 Å². The Morgan fingerprint density at radius 2 is 2.08 bits per heavy atom. The van der Waals surface area contributed by atoms with Crippen LogP contribution >= 0.6 is 0 Å². The number of ether oxygens (including phenoxy) is 1. The zero-order valence-corrected chi connectivity index (χ0v) is 15.0. The minimum absolute atomic E-state index is 0.269. The molecule has 138 valence electrons. The van der Waals surface area contributed by atoms with Gasteiger partial charge in [-0.05, 0) is 38.5 Å². The normalized spacial score (nSPS) is 14.3. The third kappa shape index (κ3) is 3.98. The molecule has 0 fully saturated rings. The van der Waals surface area contributed by atoms with Gasteiger partial charge in [-0.3, -0.25) is 9.97 Å². The molecular weight excluding hydrogens is 340 g/mol. The standard InChI is InChI=1S/C19H21F2N3O2/c1-19(2,3)26-18(25)24-8-6-15-13(11-24)9-12(10-23-15)14-5-4-7-22-16(14)17(20)21/h4-5,7,9-10,17H,6,8,11H2,1-3H3. The van der Waals surface area contributed by atoms with Crippen LogP contribution in [-0.2, 0) is 17.7 Å². The van der Waals surface area contributed by atoms with Gasteiger partial charge in [0, 0.05) is 42.2 Å². The van der Waals surface area contributed by atoms with E-state index in [0.29, 0.717) is 30.6 Å². The summed E-state index contributed by atoms with van der Waals surface area (Å²) in [6, 6.07) is 5.03. The summed E-state index contributed by atoms with van der Waals surface area (Å²) in [5.41, 5.74) is 1.79. The number of nitrogens with zero attached hydrogens (tertiary/aromatic N) is 3. The molecule has 1 aliphatic rings. The van der Waals surface area contributed by atoms with Gasteiger partial charge < -0.3 is 9.64 Å². The molecule has 0 aliphatic carbocycles. The number of carbonyl (C=O) groups is 1. The van der Waals surface area contributed by atoms with Crippen molar-refractivity contribution in [1.29, 1.82) is 0 Å². The molecular formula is C19H21F2N3O2. The van der Waals surface area contributed by atoms with E-state index in [9.17, 15) is 13.6 Å². The van der Waals surface area contributed by atoms with Crippen LogP contribution in [-0.4, -0.2) is 33.1 Å². The molecule has 0 saturated carbocycles. The predicted octanol–water partition coefficient (Wildman–Crippen LogP) is 4.37. The van der Waals surface area contributed by atoms with Gasteiger partial charge in [-0.2, -0.15) is 0 Å². The van der Waals surface area contributed by atoms with Crippen molar-refractivity contribution in [3.05, 3.63) is 47.5 Å². The SMILES string of the molecule is CC(C)(C)OC(=O)N1CCc2ncc(-c3cccnc3C(F)F)cc2C1. The fourth-order valence-electron chi connectivity index (χ4n) is 2.89. The maximum atomic E-state index is 13.2. The van der Waals surface area contributed by atoms with Gasteiger partial charge in [0.15, 0.2) is 0 Å². The summed E-state index contributed by atoms with van der Waals surface area (Å²) in [7, 11) is 0. The lowest BCUT2D eigenvalue weighted by atomic mass is 9.99. The zero-order chi connectivity index (χ0) is 18.9. The summed E-state index contributed by atoms with van der Waals surface area (Å²) in [5.74, 6) is 0. The molecule has 5 nitrogen and oxygen atoms in total. The summed E-state index contributed by atoms with van der Waals surface area (Å²) in [6.45, 7) is 6.31. The van der Waals surface area contributed by atoms with Gasteiger partial charge in [0.1, 0.15) is 11.3 Å². The lowest BCUT2D eigenvalue weighted by Crippen LogP contribution is -2.40. The highest BCUT2D eigenvalue weighted by Gasteiger charge is 2.27. The molecule has 0 unspecified atom stereocenters. The minimum atomic E-state index is -2.67. The number of fused-ring (bicyclic) bond motifs is 1. The molecule has 0 saturated heterocycles. The Balaban J connectivity index is 1.88. The van der Waals surface area contributed by atoms with Gasteiger partial charge in [0.05, 0.1) is 6.54 Å². The van der Waals surface area contributed by atoms with Crippen molar-refractivity contribution in [2.24, 2.45) is 0 Å². The van der Waals surface area contributed by atoms with Crippen LogP contribution in [0.4, 0.5) is 13.6 Å². The van der Waals surface area contributed by atoms with Gasteiger partial charge in [-0.15, -0.1) is 0 Å². The van der Waals surface area contributed by atoms with E-state index in [4.69, 9.17) is 4.74 Å². The zero-order valence-electron chi connectivity index (χ0n) is 15.0. The number of hydrogen-bond donors (Lipinski definition) is 0. The van der Waals surface area contributed by atoms with Gasteiger partial charge >= 0.3 is 6.09 Å². The van der Waals surface area contributed by atoms with Crippen LogP contribution in [0.3, 0.4) is 0 Å². The molecule has 3 rings (SSSR count). The highest BCUT2D eigenvalue weighted by Crippen LogP contribution is 2.31. The quantitative estimate of drug-likeness (QED) is 0.797. The second-order valence-corrected chi connectivity index (χ2v) is 7.22. The number of amides is 1. The smallest absolute Gasteiger partial charge is 0.410 e. The van der Waals surface area contributed by atoms with Crippen LogP contribution < -0.4 is 0 Å². The van der Waals surface area contributed by atoms with E-state index in [-0.39, 0.29) is 11.8 Å². The van der Waals surface area contributed by atoms with Crippen LogP contribution in [0.1, 0.15) is 44.1 Å². The molecule has 1 aliphatic heterocycles. The van der Waals surface area contributed by atoms with Crippen molar-refractivity contribution in [1.82, 2.24) is 14.9 Å². The molecule has 2 aromatic heterocycles. The largest absolute Gasteiger partial charge is 0.444 e. The highest BCUT2D eigenvalue weighted by atomic mass is 19.3. The number of hydrogen-bond acceptors (Lipinski definition) is 4. The third-order valence-corrected chi connectivity index (χ3v) is 4.05. The van der Waals surface area contributed by atoms with Crippen LogP contribution in [0.15, 0.2) is 30.6 Å². The molecule has 2 aromatic rings. The average Bonchev–Trinajstić information content (AvgIpc) is 2.59. The van der Waals surface area contributed by atoms with Crippen molar-refractivity contribution in [3.63, 3.8) is 0 Å². The molecule has 0 N–H and O–H groups in total. The first-order valence-electron chi connectivity index (χ1n) is 8.44. The lowest BCUT2D eigenvalue weighted by molar-refractivity contribution is 0.0223. The molecule has 0 atom stereocenters. The molecule has 0 radical (unpaired) electrons. The monoisotopic (exact) mass is 361 g/mol. The molecule has 3 heterocycles. The molecule has 26 heavy (non-hydrogen) atoms. The van der Waals surface area contributed by atoms with Crippen molar-refractivity contribution in [3.8, 4) is 11.1 Å². The highest BCUT2D eigenvalue weighted by molar-refractivity contribution is 5.70. The average molecular weight is 361 g/mol. The van der Waals surface area contributed by atoms with E-state index in [0.717, 1.165) is 11.3 Å². The van der Waals surface area contributed by atoms with Gasteiger partial charge in [-0.25, -0.2) is 13.6 Å². The molecule has 0 bridgehead atoms. The van der Waals surface area contributed by atoms with Gasteiger partial charge in [0.2, 0.25) is 0 Å². The first-order valence-corrected chi connectivity index (χ1v) is 8.44. The maximum Gasteiger partial charge on any atom is 0.410 e. The van der Waals surface area contributed by atoms with Crippen LogP contribution in [0, 0.1) is 0 Å². The molecule has 1 amide bonds. The Morgan fingerprint density at radius 1 is 1.31 bits per heavy atom. The maximum absolute atomic E-state index is 13.2. The number of pyridine rings is 2. The van der Waals surface area contributed by atoms with E-state index in [1.807, 2.05) is 26.8 Å². The van der Waals surface area contributed by atoms with Crippen molar-refractivity contribution < 1.29 is 18.3 Å². The number of halogens is 2. The van der Waals surface area contributed by atoms with Crippen LogP contribution in [0.25, 0.3) is 11.1 Å². The van der Waals surface area contributed by atoms with Crippen molar-refractivity contribution in [2.45, 2.75) is 45.8 Å². The minimum Gasteiger partial charge on any atom is -0.444 e. The molecule has 0 aromatic carbocycles. The second kappa shape index (κ2) is 6.97. The Morgan fingerprint density at radius 3 is 2.77 bits per heavy atom. The summed E-state index contributed by atoms with van der Waals surface area (Å²) in [6.07, 6.45) is 0.485. The molecule has 0 spiro atoms. The second-order valence-electron chi connectivity index (χ2n) is 7.22. The molecule has 7 heteroatoms. The van der Waals surface area contributed by atoms with Gasteiger partial charge in [-0.1, -0.05) is 6.07 Å². The Labute approximate surface area is 151 Å².